The van der Waals surface area contributed by atoms with E-state index in [1.54, 1.807) is 24.3 Å². The molecule has 0 atom stereocenters. The Morgan fingerprint density at radius 1 is 0.706 bits per heavy atom. The van der Waals surface area contributed by atoms with E-state index in [-0.39, 0.29) is 31.3 Å². The lowest BCUT2D eigenvalue weighted by Crippen LogP contribution is -2.17. The van der Waals surface area contributed by atoms with E-state index in [2.05, 4.69) is 9.44 Å². The fourth-order valence-corrected chi connectivity index (χ4v) is 5.97. The SMILES string of the molecule is CS(=O)(=O)c1ccc(S(=O)(=O)Nc2ccc(Cl)cc2NS(=O)(=O)c2cc3ccccc3o2)cc1. The van der Waals surface area contributed by atoms with Crippen LogP contribution in [0.1, 0.15) is 0 Å². The van der Waals surface area contributed by atoms with Gasteiger partial charge in [-0.2, -0.15) is 8.42 Å². The number of benzene rings is 3. The van der Waals surface area contributed by atoms with Crippen LogP contribution in [-0.4, -0.2) is 31.5 Å². The summed E-state index contributed by atoms with van der Waals surface area (Å²) >= 11 is 6.01. The van der Waals surface area contributed by atoms with Crippen LogP contribution in [0.5, 0.6) is 0 Å². The third-order valence-corrected chi connectivity index (χ3v) is 8.66. The highest BCUT2D eigenvalue weighted by Gasteiger charge is 2.23. The van der Waals surface area contributed by atoms with Gasteiger partial charge in [-0.15, -0.1) is 0 Å². The number of sulfonamides is 2. The van der Waals surface area contributed by atoms with Gasteiger partial charge in [0, 0.05) is 22.7 Å². The van der Waals surface area contributed by atoms with Gasteiger partial charge in [-0.3, -0.25) is 9.44 Å². The Kier molecular flexibility index (Phi) is 6.10. The molecule has 0 spiro atoms. The first-order valence-corrected chi connectivity index (χ1v) is 14.7. The smallest absolute Gasteiger partial charge is 0.295 e. The summed E-state index contributed by atoms with van der Waals surface area (Å²) < 4.78 is 84.8. The van der Waals surface area contributed by atoms with Crippen molar-refractivity contribution < 1.29 is 29.7 Å². The van der Waals surface area contributed by atoms with Crippen molar-refractivity contribution >= 4 is 63.8 Å². The fraction of sp³-hybridized carbons (Fsp3) is 0.0476. The average molecular weight is 541 g/mol. The van der Waals surface area contributed by atoms with Crippen LogP contribution in [0.4, 0.5) is 11.4 Å². The Hall–Kier alpha value is -3.06. The molecule has 0 aliphatic rings. The third kappa shape index (κ3) is 5.04. The third-order valence-electron chi connectivity index (χ3n) is 4.70. The van der Waals surface area contributed by atoms with Gasteiger partial charge in [-0.05, 0) is 48.5 Å². The van der Waals surface area contributed by atoms with Gasteiger partial charge in [-0.1, -0.05) is 29.8 Å². The number of fused-ring (bicyclic) bond motifs is 1. The number of hydrogen-bond acceptors (Lipinski definition) is 7. The standard InChI is InChI=1S/C21H17ClN2O7S3/c1-32(25,26)16-7-9-17(10-8-16)33(27,28)23-18-11-6-15(22)13-19(18)24-34(29,30)21-12-14-4-2-3-5-20(14)31-21/h2-13,23-24H,1H3. The first-order chi connectivity index (χ1) is 15.8. The lowest BCUT2D eigenvalue weighted by atomic mass is 10.3. The molecule has 0 fully saturated rings. The van der Waals surface area contributed by atoms with Crippen molar-refractivity contribution in [1.82, 2.24) is 0 Å². The molecule has 9 nitrogen and oxygen atoms in total. The van der Waals surface area contributed by atoms with Crippen molar-refractivity contribution in [3.05, 3.63) is 77.8 Å². The Morgan fingerprint density at radius 2 is 1.32 bits per heavy atom. The van der Waals surface area contributed by atoms with Crippen molar-refractivity contribution in [3.8, 4) is 0 Å². The van der Waals surface area contributed by atoms with Crippen LogP contribution in [0.3, 0.4) is 0 Å². The van der Waals surface area contributed by atoms with Crippen LogP contribution in [0.15, 0.2) is 92.1 Å². The highest BCUT2D eigenvalue weighted by Crippen LogP contribution is 2.31. The molecule has 34 heavy (non-hydrogen) atoms. The summed E-state index contributed by atoms with van der Waals surface area (Å²) in [6.45, 7) is 0. The topological polar surface area (TPSA) is 140 Å². The number of sulfone groups is 1. The zero-order valence-electron chi connectivity index (χ0n) is 17.4. The minimum absolute atomic E-state index is 0.0442. The molecule has 0 amide bonds. The maximum atomic E-state index is 12.9. The van der Waals surface area contributed by atoms with Crippen LogP contribution in [-0.2, 0) is 29.9 Å². The van der Waals surface area contributed by atoms with Crippen molar-refractivity contribution in [1.29, 1.82) is 0 Å². The molecule has 4 aromatic rings. The summed E-state index contributed by atoms with van der Waals surface area (Å²) in [6.07, 6.45) is 1.00. The highest BCUT2D eigenvalue weighted by atomic mass is 35.5. The second kappa shape index (κ2) is 8.62. The van der Waals surface area contributed by atoms with Crippen LogP contribution in [0, 0.1) is 0 Å². The van der Waals surface area contributed by atoms with Crippen molar-refractivity contribution in [2.75, 3.05) is 15.7 Å². The van der Waals surface area contributed by atoms with Gasteiger partial charge in [0.25, 0.3) is 20.0 Å². The van der Waals surface area contributed by atoms with Gasteiger partial charge in [0.1, 0.15) is 5.58 Å². The van der Waals surface area contributed by atoms with E-state index in [0.29, 0.717) is 11.0 Å². The molecule has 4 rings (SSSR count). The lowest BCUT2D eigenvalue weighted by Gasteiger charge is -2.14. The Balaban J connectivity index is 1.67. The van der Waals surface area contributed by atoms with Gasteiger partial charge < -0.3 is 4.42 Å². The number of rotatable bonds is 7. The normalized spacial score (nSPS) is 12.5. The predicted molar refractivity (Wildman–Crippen MR) is 129 cm³/mol. The zero-order valence-corrected chi connectivity index (χ0v) is 20.6. The van der Waals surface area contributed by atoms with Crippen LogP contribution in [0.2, 0.25) is 5.02 Å². The molecule has 0 aliphatic carbocycles. The van der Waals surface area contributed by atoms with Crippen LogP contribution >= 0.6 is 11.6 Å². The average Bonchev–Trinajstić information content (AvgIpc) is 3.20. The van der Waals surface area contributed by atoms with Gasteiger partial charge in [0.05, 0.1) is 21.2 Å². The fourth-order valence-electron chi connectivity index (χ4n) is 3.04. The number of anilines is 2. The minimum Gasteiger partial charge on any atom is -0.443 e. The van der Waals surface area contributed by atoms with Crippen molar-refractivity contribution in [2.24, 2.45) is 0 Å². The monoisotopic (exact) mass is 540 g/mol. The molecule has 13 heteroatoms. The lowest BCUT2D eigenvalue weighted by molar-refractivity contribution is 0.484. The number of furan rings is 1. The Morgan fingerprint density at radius 3 is 1.97 bits per heavy atom. The molecule has 2 N–H and O–H groups in total. The van der Waals surface area contributed by atoms with Gasteiger partial charge in [0.2, 0.25) is 5.09 Å². The first-order valence-electron chi connectivity index (χ1n) is 9.49. The van der Waals surface area contributed by atoms with Crippen LogP contribution < -0.4 is 9.44 Å². The summed E-state index contributed by atoms with van der Waals surface area (Å²) in [6, 6.07) is 16.6. The maximum Gasteiger partial charge on any atom is 0.295 e. The van der Waals surface area contributed by atoms with Crippen LogP contribution in [0.25, 0.3) is 11.0 Å². The number of hydrogen-bond donors (Lipinski definition) is 2. The van der Waals surface area contributed by atoms with Gasteiger partial charge in [0.15, 0.2) is 9.84 Å². The van der Waals surface area contributed by atoms with E-state index in [1.807, 2.05) is 0 Å². The van der Waals surface area contributed by atoms with E-state index in [4.69, 9.17) is 16.0 Å². The molecule has 0 saturated carbocycles. The van der Waals surface area contributed by atoms with E-state index < -0.39 is 29.9 Å². The molecular formula is C21H17ClN2O7S3. The number of halogens is 1. The molecule has 0 unspecified atom stereocenters. The number of para-hydroxylation sites is 1. The summed E-state index contributed by atoms with van der Waals surface area (Å²) in [5.74, 6) is 0. The first kappa shape index (κ1) is 24.1. The maximum absolute atomic E-state index is 12.9. The van der Waals surface area contributed by atoms with Crippen molar-refractivity contribution in [3.63, 3.8) is 0 Å². The molecule has 0 aliphatic heterocycles. The van der Waals surface area contributed by atoms with E-state index in [0.717, 1.165) is 30.5 Å². The summed E-state index contributed by atoms with van der Waals surface area (Å²) in [5.41, 5.74) is 0.132. The molecule has 0 saturated heterocycles. The van der Waals surface area contributed by atoms with Gasteiger partial charge in [-0.25, -0.2) is 16.8 Å². The molecule has 0 radical (unpaired) electrons. The number of nitrogens with one attached hydrogen (secondary N) is 2. The molecular weight excluding hydrogens is 524 g/mol. The molecule has 1 heterocycles. The molecule has 0 bridgehead atoms. The molecule has 178 valence electrons. The summed E-state index contributed by atoms with van der Waals surface area (Å²) in [5, 5.41) is 0.369. The second-order valence-corrected chi connectivity index (χ2v) is 13.0. The van der Waals surface area contributed by atoms with E-state index >= 15 is 0 Å². The Bertz CT molecular complexity index is 1680. The summed E-state index contributed by atoms with van der Waals surface area (Å²) in [7, 11) is -11.9. The Labute approximate surface area is 201 Å². The van der Waals surface area contributed by atoms with Gasteiger partial charge >= 0.3 is 0 Å². The van der Waals surface area contributed by atoms with E-state index in [1.165, 1.54) is 24.3 Å². The second-order valence-electron chi connectivity index (χ2n) is 7.25. The largest absolute Gasteiger partial charge is 0.443 e. The predicted octanol–water partition coefficient (Wildman–Crippen LogP) is 4.09. The van der Waals surface area contributed by atoms with Crippen molar-refractivity contribution in [2.45, 2.75) is 14.9 Å². The van der Waals surface area contributed by atoms with E-state index in [9.17, 15) is 25.3 Å². The molecule has 1 aromatic heterocycles. The molecule has 3 aromatic carbocycles. The summed E-state index contributed by atoms with van der Waals surface area (Å²) in [4.78, 5) is -0.266. The minimum atomic E-state index is -4.23. The quantitative estimate of drug-likeness (QED) is 0.360. The zero-order chi connectivity index (χ0) is 24.7. The highest BCUT2D eigenvalue weighted by molar-refractivity contribution is 7.93.